The van der Waals surface area contributed by atoms with Gasteiger partial charge in [-0.25, -0.2) is 4.98 Å². The standard InChI is InChI=1S/C9H13ClN4O/c10-7-4-8(11)14-9(13-7)12-5-1-2-6(15)3-5/h4-6,15H,1-3H2,(H3,11,12,13,14). The van der Waals surface area contributed by atoms with Crippen molar-refractivity contribution in [1.29, 1.82) is 0 Å². The molecule has 0 aliphatic heterocycles. The Morgan fingerprint density at radius 2 is 2.27 bits per heavy atom. The van der Waals surface area contributed by atoms with Gasteiger partial charge in [0.25, 0.3) is 0 Å². The molecule has 4 N–H and O–H groups in total. The Bertz CT molecular complexity index is 340. The molecule has 1 aliphatic rings. The maximum Gasteiger partial charge on any atom is 0.226 e. The summed E-state index contributed by atoms with van der Waals surface area (Å²) in [5.74, 6) is 0.773. The molecule has 15 heavy (non-hydrogen) atoms. The largest absolute Gasteiger partial charge is 0.393 e. The molecule has 2 atom stereocenters. The fourth-order valence-electron chi connectivity index (χ4n) is 1.77. The van der Waals surface area contributed by atoms with E-state index in [4.69, 9.17) is 17.3 Å². The second-order valence-corrected chi connectivity index (χ2v) is 4.13. The molecule has 0 spiro atoms. The van der Waals surface area contributed by atoms with Crippen LogP contribution in [0.1, 0.15) is 19.3 Å². The minimum absolute atomic E-state index is 0.206. The van der Waals surface area contributed by atoms with Crippen LogP contribution in [0.15, 0.2) is 6.07 Å². The number of nitrogens with zero attached hydrogens (tertiary/aromatic N) is 2. The first-order valence-corrected chi connectivity index (χ1v) is 5.26. The zero-order valence-corrected chi connectivity index (χ0v) is 8.91. The van der Waals surface area contributed by atoms with Gasteiger partial charge in [-0.15, -0.1) is 0 Å². The van der Waals surface area contributed by atoms with E-state index in [0.29, 0.717) is 16.9 Å². The number of nitrogen functional groups attached to an aromatic ring is 1. The van der Waals surface area contributed by atoms with Crippen LogP contribution >= 0.6 is 11.6 Å². The van der Waals surface area contributed by atoms with Gasteiger partial charge < -0.3 is 16.2 Å². The highest BCUT2D eigenvalue weighted by Gasteiger charge is 2.23. The van der Waals surface area contributed by atoms with E-state index in [9.17, 15) is 5.11 Å². The van der Waals surface area contributed by atoms with Crippen molar-refractivity contribution in [3.63, 3.8) is 0 Å². The first-order valence-electron chi connectivity index (χ1n) is 4.88. The minimum Gasteiger partial charge on any atom is -0.393 e. The zero-order valence-electron chi connectivity index (χ0n) is 8.15. The SMILES string of the molecule is Nc1cc(Cl)nc(NC2CCC(O)C2)n1. The lowest BCUT2D eigenvalue weighted by molar-refractivity contribution is 0.182. The minimum atomic E-state index is -0.223. The Morgan fingerprint density at radius 1 is 1.47 bits per heavy atom. The number of rotatable bonds is 2. The van der Waals surface area contributed by atoms with Gasteiger partial charge >= 0.3 is 0 Å². The molecule has 0 radical (unpaired) electrons. The van der Waals surface area contributed by atoms with E-state index in [0.717, 1.165) is 19.3 Å². The molecule has 6 heteroatoms. The number of aliphatic hydroxyl groups is 1. The van der Waals surface area contributed by atoms with Gasteiger partial charge in [0.05, 0.1) is 6.10 Å². The molecule has 5 nitrogen and oxygen atoms in total. The van der Waals surface area contributed by atoms with Crippen molar-refractivity contribution >= 4 is 23.4 Å². The van der Waals surface area contributed by atoms with Gasteiger partial charge in [-0.1, -0.05) is 11.6 Å². The van der Waals surface area contributed by atoms with Crippen molar-refractivity contribution in [3.05, 3.63) is 11.2 Å². The van der Waals surface area contributed by atoms with E-state index in [1.807, 2.05) is 0 Å². The third kappa shape index (κ3) is 2.70. The third-order valence-electron chi connectivity index (χ3n) is 2.45. The molecule has 2 unspecified atom stereocenters. The maximum atomic E-state index is 9.36. The molecular formula is C9H13ClN4O. The van der Waals surface area contributed by atoms with Crippen LogP contribution in [0.5, 0.6) is 0 Å². The molecule has 0 saturated heterocycles. The summed E-state index contributed by atoms with van der Waals surface area (Å²) in [6, 6.07) is 1.70. The molecule has 0 aromatic carbocycles. The summed E-state index contributed by atoms with van der Waals surface area (Å²) < 4.78 is 0. The first kappa shape index (κ1) is 10.4. The molecule has 1 aromatic rings. The summed E-state index contributed by atoms with van der Waals surface area (Å²) in [6.45, 7) is 0. The van der Waals surface area contributed by atoms with E-state index >= 15 is 0 Å². The summed E-state index contributed by atoms with van der Waals surface area (Å²) in [5.41, 5.74) is 5.54. The molecule has 2 rings (SSSR count). The molecule has 1 aromatic heterocycles. The Morgan fingerprint density at radius 3 is 2.87 bits per heavy atom. The number of nitrogens with one attached hydrogen (secondary N) is 1. The number of aromatic nitrogens is 2. The summed E-state index contributed by atoms with van der Waals surface area (Å²) in [4.78, 5) is 8.02. The average molecular weight is 229 g/mol. The maximum absolute atomic E-state index is 9.36. The van der Waals surface area contributed by atoms with E-state index in [1.54, 1.807) is 0 Å². The quantitative estimate of drug-likeness (QED) is 0.659. The first-order chi connectivity index (χ1) is 7.13. The highest BCUT2D eigenvalue weighted by atomic mass is 35.5. The van der Waals surface area contributed by atoms with Crippen LogP contribution in [-0.2, 0) is 0 Å². The molecule has 0 bridgehead atoms. The fraction of sp³-hybridized carbons (Fsp3) is 0.556. The normalized spacial score (nSPS) is 25.5. The van der Waals surface area contributed by atoms with Crippen molar-refractivity contribution in [2.24, 2.45) is 0 Å². The van der Waals surface area contributed by atoms with Gasteiger partial charge in [-0.05, 0) is 19.3 Å². The Kier molecular flexibility index (Phi) is 2.93. The highest BCUT2D eigenvalue weighted by molar-refractivity contribution is 6.29. The van der Waals surface area contributed by atoms with Gasteiger partial charge in [0.1, 0.15) is 11.0 Å². The number of anilines is 2. The topological polar surface area (TPSA) is 84.1 Å². The number of halogens is 1. The van der Waals surface area contributed by atoms with Crippen molar-refractivity contribution in [1.82, 2.24) is 9.97 Å². The van der Waals surface area contributed by atoms with Crippen molar-refractivity contribution in [3.8, 4) is 0 Å². The number of nitrogens with two attached hydrogens (primary N) is 1. The van der Waals surface area contributed by atoms with Gasteiger partial charge in [-0.3, -0.25) is 0 Å². The van der Waals surface area contributed by atoms with E-state index < -0.39 is 0 Å². The monoisotopic (exact) mass is 228 g/mol. The van der Waals surface area contributed by atoms with Gasteiger partial charge in [0.15, 0.2) is 0 Å². The second kappa shape index (κ2) is 4.20. The van der Waals surface area contributed by atoms with Gasteiger partial charge in [0.2, 0.25) is 5.95 Å². The van der Waals surface area contributed by atoms with E-state index in [-0.39, 0.29) is 12.1 Å². The lowest BCUT2D eigenvalue weighted by Gasteiger charge is -2.12. The predicted octanol–water partition coefficient (Wildman–Crippen LogP) is 1.04. The van der Waals surface area contributed by atoms with Crippen LogP contribution in [0.25, 0.3) is 0 Å². The molecule has 1 saturated carbocycles. The number of aliphatic hydroxyl groups excluding tert-OH is 1. The zero-order chi connectivity index (χ0) is 10.8. The van der Waals surface area contributed by atoms with E-state index in [2.05, 4.69) is 15.3 Å². The molecule has 0 amide bonds. The van der Waals surface area contributed by atoms with Gasteiger partial charge in [0, 0.05) is 12.1 Å². The third-order valence-corrected chi connectivity index (χ3v) is 2.65. The molecule has 82 valence electrons. The fourth-order valence-corrected chi connectivity index (χ4v) is 1.96. The predicted molar refractivity (Wildman–Crippen MR) is 58.7 cm³/mol. The van der Waals surface area contributed by atoms with Crippen LogP contribution < -0.4 is 11.1 Å². The molecule has 1 fully saturated rings. The molecule has 1 heterocycles. The van der Waals surface area contributed by atoms with Crippen LogP contribution in [0.4, 0.5) is 11.8 Å². The van der Waals surface area contributed by atoms with E-state index in [1.165, 1.54) is 6.07 Å². The number of hydrogen-bond donors (Lipinski definition) is 3. The highest BCUT2D eigenvalue weighted by Crippen LogP contribution is 2.22. The Balaban J connectivity index is 2.04. The van der Waals surface area contributed by atoms with Crippen molar-refractivity contribution in [2.75, 3.05) is 11.1 Å². The molecule has 1 aliphatic carbocycles. The summed E-state index contributed by atoms with van der Waals surface area (Å²) in [5, 5.41) is 12.8. The number of hydrogen-bond acceptors (Lipinski definition) is 5. The van der Waals surface area contributed by atoms with Crippen molar-refractivity contribution in [2.45, 2.75) is 31.4 Å². The molecular weight excluding hydrogens is 216 g/mol. The van der Waals surface area contributed by atoms with Gasteiger partial charge in [-0.2, -0.15) is 4.98 Å². The summed E-state index contributed by atoms with van der Waals surface area (Å²) in [7, 11) is 0. The Hall–Kier alpha value is -1.07. The van der Waals surface area contributed by atoms with Crippen LogP contribution in [-0.4, -0.2) is 27.2 Å². The average Bonchev–Trinajstić information content (AvgIpc) is 2.49. The van der Waals surface area contributed by atoms with Crippen molar-refractivity contribution < 1.29 is 5.11 Å². The Labute approximate surface area is 92.7 Å². The van der Waals surface area contributed by atoms with Crippen LogP contribution in [0, 0.1) is 0 Å². The summed E-state index contributed by atoms with van der Waals surface area (Å²) in [6.07, 6.45) is 2.22. The second-order valence-electron chi connectivity index (χ2n) is 3.75. The lowest BCUT2D eigenvalue weighted by Crippen LogP contribution is -2.18. The van der Waals surface area contributed by atoms with Crippen LogP contribution in [0.2, 0.25) is 5.15 Å². The summed E-state index contributed by atoms with van der Waals surface area (Å²) >= 11 is 5.74. The van der Waals surface area contributed by atoms with Crippen LogP contribution in [0.3, 0.4) is 0 Å². The smallest absolute Gasteiger partial charge is 0.226 e. The lowest BCUT2D eigenvalue weighted by atomic mass is 10.2.